The van der Waals surface area contributed by atoms with E-state index in [1.54, 1.807) is 18.2 Å². The van der Waals surface area contributed by atoms with E-state index in [1.807, 2.05) is 0 Å². The first-order chi connectivity index (χ1) is 12.1. The number of carbonyl (C=O) groups is 2. The van der Waals surface area contributed by atoms with Gasteiger partial charge in [-0.2, -0.15) is 0 Å². The predicted molar refractivity (Wildman–Crippen MR) is 94.0 cm³/mol. The van der Waals surface area contributed by atoms with Gasteiger partial charge in [0.05, 0.1) is 14.2 Å². The van der Waals surface area contributed by atoms with E-state index in [9.17, 15) is 9.59 Å². The molecule has 0 fully saturated rings. The summed E-state index contributed by atoms with van der Waals surface area (Å²) in [6.45, 7) is 0.423. The standard InChI is InChI=1S/C19H25NO5/c1-23-15-8-9-16(19(22)24-2)17(12-15)25-13-18(21)20-11-10-14-6-4-3-5-7-14/h6,8-9,12H,3-5,7,10-11,13H2,1-2H3,(H,20,21). The summed E-state index contributed by atoms with van der Waals surface area (Å²) in [4.78, 5) is 23.7. The Hall–Kier alpha value is -2.50. The van der Waals surface area contributed by atoms with E-state index in [2.05, 4.69) is 11.4 Å². The average Bonchev–Trinajstić information content (AvgIpc) is 2.66. The third-order valence-corrected chi connectivity index (χ3v) is 4.11. The van der Waals surface area contributed by atoms with Gasteiger partial charge in [0.2, 0.25) is 0 Å². The Labute approximate surface area is 148 Å². The summed E-state index contributed by atoms with van der Waals surface area (Å²) in [5, 5.41) is 2.84. The van der Waals surface area contributed by atoms with Crippen LogP contribution in [-0.4, -0.2) is 39.2 Å². The molecule has 0 aromatic heterocycles. The van der Waals surface area contributed by atoms with E-state index >= 15 is 0 Å². The second-order valence-electron chi connectivity index (χ2n) is 5.85. The largest absolute Gasteiger partial charge is 0.497 e. The lowest BCUT2D eigenvalue weighted by molar-refractivity contribution is -0.123. The van der Waals surface area contributed by atoms with Gasteiger partial charge in [0, 0.05) is 12.6 Å². The summed E-state index contributed by atoms with van der Waals surface area (Å²) in [5.41, 5.74) is 1.66. The summed E-state index contributed by atoms with van der Waals surface area (Å²) in [6, 6.07) is 4.75. The fourth-order valence-electron chi connectivity index (χ4n) is 2.72. The number of hydrogen-bond acceptors (Lipinski definition) is 5. The van der Waals surface area contributed by atoms with Crippen LogP contribution in [0, 0.1) is 0 Å². The molecule has 0 saturated carbocycles. The van der Waals surface area contributed by atoms with Gasteiger partial charge in [-0.25, -0.2) is 4.79 Å². The molecule has 0 bridgehead atoms. The van der Waals surface area contributed by atoms with Crippen LogP contribution in [0.1, 0.15) is 42.5 Å². The molecule has 0 radical (unpaired) electrons. The van der Waals surface area contributed by atoms with E-state index in [4.69, 9.17) is 14.2 Å². The molecule has 25 heavy (non-hydrogen) atoms. The molecule has 1 N–H and O–H groups in total. The van der Waals surface area contributed by atoms with Gasteiger partial charge in [-0.1, -0.05) is 11.6 Å². The zero-order valence-electron chi connectivity index (χ0n) is 14.8. The lowest BCUT2D eigenvalue weighted by atomic mass is 9.97. The van der Waals surface area contributed by atoms with E-state index in [-0.39, 0.29) is 23.8 Å². The molecule has 0 spiro atoms. The lowest BCUT2D eigenvalue weighted by Crippen LogP contribution is -2.30. The number of ether oxygens (including phenoxy) is 3. The van der Waals surface area contributed by atoms with Gasteiger partial charge in [0.1, 0.15) is 17.1 Å². The van der Waals surface area contributed by atoms with Crippen molar-refractivity contribution in [3.8, 4) is 11.5 Å². The molecular weight excluding hydrogens is 322 g/mol. The maximum absolute atomic E-state index is 12.0. The van der Waals surface area contributed by atoms with E-state index < -0.39 is 5.97 Å². The Morgan fingerprint density at radius 1 is 1.20 bits per heavy atom. The van der Waals surface area contributed by atoms with Crippen molar-refractivity contribution in [2.45, 2.75) is 32.1 Å². The summed E-state index contributed by atoms with van der Waals surface area (Å²) in [7, 11) is 2.81. The normalized spacial score (nSPS) is 13.6. The predicted octanol–water partition coefficient (Wildman–Crippen LogP) is 2.87. The van der Waals surface area contributed by atoms with Crippen LogP contribution < -0.4 is 14.8 Å². The van der Waals surface area contributed by atoms with E-state index in [1.165, 1.54) is 32.6 Å². The zero-order valence-corrected chi connectivity index (χ0v) is 14.8. The SMILES string of the molecule is COC(=O)c1ccc(OC)cc1OCC(=O)NCCC1=CCCCC1. The fourth-order valence-corrected chi connectivity index (χ4v) is 2.72. The number of hydrogen-bond donors (Lipinski definition) is 1. The van der Waals surface area contributed by atoms with Crippen molar-refractivity contribution >= 4 is 11.9 Å². The maximum Gasteiger partial charge on any atom is 0.341 e. The number of allylic oxidation sites excluding steroid dienone is 1. The van der Waals surface area contributed by atoms with Crippen LogP contribution in [0.15, 0.2) is 29.8 Å². The molecule has 6 nitrogen and oxygen atoms in total. The first-order valence-electron chi connectivity index (χ1n) is 8.47. The number of rotatable bonds is 8. The average molecular weight is 347 g/mol. The van der Waals surface area contributed by atoms with Gasteiger partial charge in [-0.05, 0) is 44.2 Å². The van der Waals surface area contributed by atoms with Crippen LogP contribution in [0.2, 0.25) is 0 Å². The summed E-state index contributed by atoms with van der Waals surface area (Å²) < 4.78 is 15.3. The molecule has 1 aliphatic carbocycles. The Kier molecular flexibility index (Phi) is 7.32. The van der Waals surface area contributed by atoms with Crippen LogP contribution in [0.25, 0.3) is 0 Å². The van der Waals surface area contributed by atoms with Gasteiger partial charge in [0.15, 0.2) is 6.61 Å². The minimum absolute atomic E-state index is 0.170. The highest BCUT2D eigenvalue weighted by atomic mass is 16.5. The first-order valence-corrected chi connectivity index (χ1v) is 8.47. The molecule has 0 unspecified atom stereocenters. The fraction of sp³-hybridized carbons (Fsp3) is 0.474. The number of amides is 1. The Bertz CT molecular complexity index is 639. The molecule has 0 aliphatic heterocycles. The maximum atomic E-state index is 12.0. The first kappa shape index (κ1) is 18.8. The molecule has 136 valence electrons. The second-order valence-corrected chi connectivity index (χ2v) is 5.85. The van der Waals surface area contributed by atoms with Crippen molar-refractivity contribution in [3.05, 3.63) is 35.4 Å². The van der Waals surface area contributed by atoms with Gasteiger partial charge in [-0.15, -0.1) is 0 Å². The third-order valence-electron chi connectivity index (χ3n) is 4.11. The molecule has 0 atom stereocenters. The topological polar surface area (TPSA) is 73.9 Å². The van der Waals surface area contributed by atoms with Crippen molar-refractivity contribution in [1.29, 1.82) is 0 Å². The van der Waals surface area contributed by atoms with Gasteiger partial charge < -0.3 is 19.5 Å². The Balaban J connectivity index is 1.85. The van der Waals surface area contributed by atoms with Crippen molar-refractivity contribution in [1.82, 2.24) is 5.32 Å². The highest BCUT2D eigenvalue weighted by molar-refractivity contribution is 5.92. The second kappa shape index (κ2) is 9.71. The van der Waals surface area contributed by atoms with Crippen LogP contribution in [-0.2, 0) is 9.53 Å². The molecular formula is C19H25NO5. The lowest BCUT2D eigenvalue weighted by Gasteiger charge is -2.14. The van der Waals surface area contributed by atoms with Crippen LogP contribution in [0.3, 0.4) is 0 Å². The third kappa shape index (κ3) is 5.81. The molecule has 6 heteroatoms. The van der Waals surface area contributed by atoms with Crippen molar-refractivity contribution in [3.63, 3.8) is 0 Å². The van der Waals surface area contributed by atoms with Gasteiger partial charge in [-0.3, -0.25) is 4.79 Å². The Morgan fingerprint density at radius 2 is 2.04 bits per heavy atom. The summed E-state index contributed by atoms with van der Waals surface area (Å²) >= 11 is 0. The highest BCUT2D eigenvalue weighted by Crippen LogP contribution is 2.25. The number of carbonyl (C=O) groups excluding carboxylic acids is 2. The molecule has 1 aromatic carbocycles. The summed E-state index contributed by atoms with van der Waals surface area (Å²) in [6.07, 6.45) is 7.89. The monoisotopic (exact) mass is 347 g/mol. The number of nitrogens with one attached hydrogen (secondary N) is 1. The van der Waals surface area contributed by atoms with Crippen molar-refractivity contribution in [2.75, 3.05) is 27.4 Å². The quantitative estimate of drug-likeness (QED) is 0.578. The molecule has 2 rings (SSSR count). The zero-order chi connectivity index (χ0) is 18.1. The molecule has 1 aliphatic rings. The van der Waals surface area contributed by atoms with Gasteiger partial charge >= 0.3 is 5.97 Å². The number of benzene rings is 1. The van der Waals surface area contributed by atoms with E-state index in [0.29, 0.717) is 12.3 Å². The molecule has 1 aromatic rings. The van der Waals surface area contributed by atoms with Crippen molar-refractivity contribution < 1.29 is 23.8 Å². The smallest absolute Gasteiger partial charge is 0.341 e. The number of methoxy groups -OCH3 is 2. The minimum atomic E-state index is -0.526. The van der Waals surface area contributed by atoms with Crippen LogP contribution in [0.5, 0.6) is 11.5 Å². The highest BCUT2D eigenvalue weighted by Gasteiger charge is 2.15. The van der Waals surface area contributed by atoms with Gasteiger partial charge in [0.25, 0.3) is 5.91 Å². The van der Waals surface area contributed by atoms with Crippen LogP contribution in [0.4, 0.5) is 0 Å². The van der Waals surface area contributed by atoms with Crippen LogP contribution >= 0.6 is 0 Å². The molecule has 1 amide bonds. The van der Waals surface area contributed by atoms with E-state index in [0.717, 1.165) is 19.3 Å². The molecule has 0 saturated heterocycles. The summed E-state index contributed by atoms with van der Waals surface area (Å²) in [5.74, 6) is 0.0426. The Morgan fingerprint density at radius 3 is 2.72 bits per heavy atom. The minimum Gasteiger partial charge on any atom is -0.497 e. The van der Waals surface area contributed by atoms with Crippen molar-refractivity contribution in [2.24, 2.45) is 0 Å². The molecule has 0 heterocycles. The number of esters is 1.